The summed E-state index contributed by atoms with van der Waals surface area (Å²) in [6.45, 7) is 2.60. The summed E-state index contributed by atoms with van der Waals surface area (Å²) in [4.78, 5) is 13.9. The third-order valence-corrected chi connectivity index (χ3v) is 4.05. The Morgan fingerprint density at radius 1 is 1.35 bits per heavy atom. The molecule has 1 aromatic rings. The van der Waals surface area contributed by atoms with E-state index in [4.69, 9.17) is 0 Å². The number of halogens is 2. The van der Waals surface area contributed by atoms with Gasteiger partial charge in [-0.25, -0.2) is 13.6 Å². The summed E-state index contributed by atoms with van der Waals surface area (Å²) in [5, 5.41) is 14.2. The van der Waals surface area contributed by atoms with Gasteiger partial charge < -0.3 is 15.7 Å². The van der Waals surface area contributed by atoms with E-state index in [0.29, 0.717) is 6.54 Å². The summed E-state index contributed by atoms with van der Waals surface area (Å²) in [5.41, 5.74) is -0.0493. The number of hydrogen-bond acceptors (Lipinski definition) is 3. The van der Waals surface area contributed by atoms with Gasteiger partial charge in [0.1, 0.15) is 11.6 Å². The number of nitrogens with one attached hydrogen (secondary N) is 2. The highest BCUT2D eigenvalue weighted by molar-refractivity contribution is 5.89. The zero-order valence-electron chi connectivity index (χ0n) is 13.0. The lowest BCUT2D eigenvalue weighted by Gasteiger charge is -2.22. The first kappa shape index (κ1) is 17.6. The predicted octanol–water partition coefficient (Wildman–Crippen LogP) is 2.32. The van der Waals surface area contributed by atoms with E-state index < -0.39 is 17.7 Å². The average molecular weight is 327 g/mol. The van der Waals surface area contributed by atoms with Crippen LogP contribution in [-0.2, 0) is 0 Å². The Morgan fingerprint density at radius 3 is 2.91 bits per heavy atom. The molecule has 1 fully saturated rings. The lowest BCUT2D eigenvalue weighted by molar-refractivity contribution is 0.157. The molecule has 23 heavy (non-hydrogen) atoms. The van der Waals surface area contributed by atoms with Crippen LogP contribution in [0.1, 0.15) is 25.7 Å². The molecule has 1 aliphatic rings. The van der Waals surface area contributed by atoms with Crippen molar-refractivity contribution < 1.29 is 18.7 Å². The van der Waals surface area contributed by atoms with Gasteiger partial charge in [0.2, 0.25) is 0 Å². The van der Waals surface area contributed by atoms with Crippen molar-refractivity contribution in [1.29, 1.82) is 0 Å². The van der Waals surface area contributed by atoms with Crippen molar-refractivity contribution in [1.82, 2.24) is 10.2 Å². The Balaban J connectivity index is 1.61. The maximum atomic E-state index is 13.4. The molecule has 3 N–H and O–H groups in total. The Hall–Kier alpha value is -1.73. The highest BCUT2D eigenvalue weighted by atomic mass is 19.1. The molecule has 2 rings (SSSR count). The number of urea groups is 1. The smallest absolute Gasteiger partial charge is 0.319 e. The molecule has 1 saturated heterocycles. The van der Waals surface area contributed by atoms with E-state index in [1.807, 2.05) is 0 Å². The minimum Gasteiger partial charge on any atom is -0.395 e. The monoisotopic (exact) mass is 327 g/mol. The Morgan fingerprint density at radius 2 is 2.17 bits per heavy atom. The maximum Gasteiger partial charge on any atom is 0.319 e. The van der Waals surface area contributed by atoms with Crippen LogP contribution in [0.4, 0.5) is 19.3 Å². The molecule has 0 radical (unpaired) electrons. The number of carbonyl (C=O) groups excluding carboxylic acids is 1. The van der Waals surface area contributed by atoms with Gasteiger partial charge in [-0.2, -0.15) is 0 Å². The largest absolute Gasteiger partial charge is 0.395 e. The van der Waals surface area contributed by atoms with Crippen LogP contribution in [0.5, 0.6) is 0 Å². The van der Waals surface area contributed by atoms with Crippen LogP contribution in [0.3, 0.4) is 0 Å². The van der Waals surface area contributed by atoms with E-state index in [1.54, 1.807) is 0 Å². The molecule has 128 valence electrons. The number of nitrogens with zero attached hydrogens (tertiary/aromatic N) is 1. The molecule has 0 saturated carbocycles. The molecule has 2 amide bonds. The number of likely N-dealkylation sites (tertiary alicyclic amines) is 1. The first-order chi connectivity index (χ1) is 11.1. The molecule has 0 unspecified atom stereocenters. The van der Waals surface area contributed by atoms with Crippen LogP contribution in [0.2, 0.25) is 0 Å². The lowest BCUT2D eigenvalue weighted by atomic mass is 10.2. The summed E-state index contributed by atoms with van der Waals surface area (Å²) in [6.07, 6.45) is 3.88. The molecule has 0 spiro atoms. The maximum absolute atomic E-state index is 13.4. The van der Waals surface area contributed by atoms with Crippen LogP contribution in [0, 0.1) is 11.6 Å². The van der Waals surface area contributed by atoms with Gasteiger partial charge in [0.25, 0.3) is 0 Å². The highest BCUT2D eigenvalue weighted by Crippen LogP contribution is 2.17. The summed E-state index contributed by atoms with van der Waals surface area (Å²) in [6, 6.07) is 2.76. The quantitative estimate of drug-likeness (QED) is 0.674. The van der Waals surface area contributed by atoms with E-state index in [9.17, 15) is 18.7 Å². The molecule has 0 aliphatic carbocycles. The van der Waals surface area contributed by atoms with Crippen molar-refractivity contribution in [3.05, 3.63) is 29.8 Å². The van der Waals surface area contributed by atoms with Crippen LogP contribution in [0.25, 0.3) is 0 Å². The van der Waals surface area contributed by atoms with Gasteiger partial charge in [0.15, 0.2) is 0 Å². The third kappa shape index (κ3) is 5.44. The lowest BCUT2D eigenvalue weighted by Crippen LogP contribution is -2.34. The SMILES string of the molecule is O=C(NCCCCN1CCC[C@@H]1CO)Nc1ccc(F)cc1F. The molecule has 1 atom stereocenters. The summed E-state index contributed by atoms with van der Waals surface area (Å²) in [5.74, 6) is -1.49. The Kier molecular flexibility index (Phi) is 6.73. The van der Waals surface area contributed by atoms with E-state index >= 15 is 0 Å². The van der Waals surface area contributed by atoms with Crippen LogP contribution in [0.15, 0.2) is 18.2 Å². The van der Waals surface area contributed by atoms with Gasteiger partial charge in [-0.15, -0.1) is 0 Å². The number of rotatable bonds is 7. The van der Waals surface area contributed by atoms with Crippen LogP contribution >= 0.6 is 0 Å². The van der Waals surface area contributed by atoms with Crippen LogP contribution < -0.4 is 10.6 Å². The van der Waals surface area contributed by atoms with Crippen molar-refractivity contribution in [2.75, 3.05) is 31.6 Å². The second kappa shape index (κ2) is 8.79. The number of aliphatic hydroxyl groups is 1. The minimum absolute atomic E-state index is 0.0493. The zero-order chi connectivity index (χ0) is 16.7. The zero-order valence-corrected chi connectivity index (χ0v) is 13.0. The van der Waals surface area contributed by atoms with Gasteiger partial charge in [-0.05, 0) is 50.9 Å². The summed E-state index contributed by atoms with van der Waals surface area (Å²) >= 11 is 0. The second-order valence-electron chi connectivity index (χ2n) is 5.73. The van der Waals surface area contributed by atoms with Crippen LogP contribution in [-0.4, -0.2) is 48.3 Å². The molecule has 1 aliphatic heterocycles. The van der Waals surface area contributed by atoms with E-state index in [-0.39, 0.29) is 18.3 Å². The predicted molar refractivity (Wildman–Crippen MR) is 84.3 cm³/mol. The van der Waals surface area contributed by atoms with Gasteiger partial charge in [0, 0.05) is 18.7 Å². The van der Waals surface area contributed by atoms with Gasteiger partial charge >= 0.3 is 6.03 Å². The summed E-state index contributed by atoms with van der Waals surface area (Å²) in [7, 11) is 0. The number of carbonyl (C=O) groups is 1. The number of amides is 2. The normalized spacial score (nSPS) is 18.1. The number of hydrogen-bond donors (Lipinski definition) is 3. The molecule has 1 aromatic carbocycles. The molecule has 0 bridgehead atoms. The highest BCUT2D eigenvalue weighted by Gasteiger charge is 2.22. The number of anilines is 1. The fraction of sp³-hybridized carbons (Fsp3) is 0.562. The third-order valence-electron chi connectivity index (χ3n) is 4.05. The molecular weight excluding hydrogens is 304 g/mol. The average Bonchev–Trinajstić information content (AvgIpc) is 2.97. The molecule has 7 heteroatoms. The standard InChI is InChI=1S/C16H23F2N3O2/c17-12-5-6-15(14(18)10-12)20-16(23)19-7-1-2-8-21-9-3-4-13(21)11-22/h5-6,10,13,22H,1-4,7-9,11H2,(H2,19,20,23)/t13-/m1/s1. The van der Waals surface area contributed by atoms with Crippen molar-refractivity contribution in [3.63, 3.8) is 0 Å². The Labute approximate surface area is 134 Å². The van der Waals surface area contributed by atoms with E-state index in [2.05, 4.69) is 15.5 Å². The first-order valence-corrected chi connectivity index (χ1v) is 7.95. The fourth-order valence-corrected chi connectivity index (χ4v) is 2.80. The molecule has 0 aromatic heterocycles. The van der Waals surface area contributed by atoms with Crippen molar-refractivity contribution in [2.24, 2.45) is 0 Å². The molecule has 1 heterocycles. The summed E-state index contributed by atoms with van der Waals surface area (Å²) < 4.78 is 26.2. The fourth-order valence-electron chi connectivity index (χ4n) is 2.80. The topological polar surface area (TPSA) is 64.6 Å². The number of aliphatic hydroxyl groups excluding tert-OH is 1. The molecule has 5 nitrogen and oxygen atoms in total. The van der Waals surface area contributed by atoms with Gasteiger partial charge in [0.05, 0.1) is 12.3 Å². The van der Waals surface area contributed by atoms with Crippen molar-refractivity contribution >= 4 is 11.7 Å². The Bertz CT molecular complexity index is 528. The van der Waals surface area contributed by atoms with E-state index in [0.717, 1.165) is 50.9 Å². The number of unbranched alkanes of at least 4 members (excludes halogenated alkanes) is 1. The van der Waals surface area contributed by atoms with Crippen molar-refractivity contribution in [2.45, 2.75) is 31.7 Å². The van der Waals surface area contributed by atoms with Gasteiger partial charge in [-0.1, -0.05) is 0 Å². The first-order valence-electron chi connectivity index (χ1n) is 7.95. The number of benzene rings is 1. The van der Waals surface area contributed by atoms with Gasteiger partial charge in [-0.3, -0.25) is 4.90 Å². The molecular formula is C16H23F2N3O2. The second-order valence-corrected chi connectivity index (χ2v) is 5.73. The van der Waals surface area contributed by atoms with E-state index in [1.165, 1.54) is 6.07 Å². The van der Waals surface area contributed by atoms with Crippen molar-refractivity contribution in [3.8, 4) is 0 Å². The minimum atomic E-state index is -0.802.